The van der Waals surface area contributed by atoms with Crippen molar-refractivity contribution < 1.29 is 10.2 Å². The van der Waals surface area contributed by atoms with Gasteiger partial charge in [0.15, 0.2) is 0 Å². The number of rotatable bonds is 6. The van der Waals surface area contributed by atoms with Crippen molar-refractivity contribution in [2.24, 2.45) is 0 Å². The van der Waals surface area contributed by atoms with Gasteiger partial charge in [0.05, 0.1) is 6.61 Å². The van der Waals surface area contributed by atoms with Crippen molar-refractivity contribution in [2.75, 3.05) is 59.5 Å². The summed E-state index contributed by atoms with van der Waals surface area (Å²) in [4.78, 5) is 6.48. The normalized spacial score (nSPS) is 21.6. The van der Waals surface area contributed by atoms with E-state index < -0.39 is 6.23 Å². The van der Waals surface area contributed by atoms with E-state index in [1.54, 1.807) is 0 Å². The van der Waals surface area contributed by atoms with Crippen LogP contribution in [0.2, 0.25) is 0 Å². The third-order valence-electron chi connectivity index (χ3n) is 3.23. The molecule has 5 heteroatoms. The predicted octanol–water partition coefficient (Wildman–Crippen LogP) is -1.13. The highest BCUT2D eigenvalue weighted by molar-refractivity contribution is 4.72. The number of piperazine rings is 1. The second-order valence-corrected chi connectivity index (χ2v) is 4.44. The summed E-state index contributed by atoms with van der Waals surface area (Å²) in [5.41, 5.74) is 0. The van der Waals surface area contributed by atoms with Gasteiger partial charge >= 0.3 is 0 Å². The molecule has 0 aromatic rings. The van der Waals surface area contributed by atoms with E-state index in [4.69, 9.17) is 5.11 Å². The number of hydrogen-bond donors (Lipinski definition) is 2. The van der Waals surface area contributed by atoms with Crippen molar-refractivity contribution in [3.05, 3.63) is 0 Å². The van der Waals surface area contributed by atoms with E-state index in [0.29, 0.717) is 13.1 Å². The van der Waals surface area contributed by atoms with E-state index in [0.717, 1.165) is 32.7 Å². The van der Waals surface area contributed by atoms with Crippen LogP contribution in [0.15, 0.2) is 0 Å². The van der Waals surface area contributed by atoms with Gasteiger partial charge in [-0.15, -0.1) is 0 Å². The summed E-state index contributed by atoms with van der Waals surface area (Å²) >= 11 is 0. The molecule has 1 fully saturated rings. The fourth-order valence-electron chi connectivity index (χ4n) is 2.02. The molecule has 1 aliphatic rings. The van der Waals surface area contributed by atoms with E-state index >= 15 is 0 Å². The van der Waals surface area contributed by atoms with Crippen LogP contribution in [0.4, 0.5) is 0 Å². The number of aliphatic hydroxyl groups excluding tert-OH is 2. The first kappa shape index (κ1) is 13.9. The molecule has 0 aromatic carbocycles. The molecule has 0 bridgehead atoms. The van der Waals surface area contributed by atoms with Gasteiger partial charge in [-0.1, -0.05) is 6.92 Å². The smallest absolute Gasteiger partial charge is 0.120 e. The molecule has 0 saturated carbocycles. The van der Waals surface area contributed by atoms with E-state index in [9.17, 15) is 5.11 Å². The third kappa shape index (κ3) is 4.35. The quantitative estimate of drug-likeness (QED) is 0.566. The minimum absolute atomic E-state index is 0.105. The number of β-amino-alcohol motifs (C(OH)–C–C–N with tert-alkyl or cyclic N) is 1. The van der Waals surface area contributed by atoms with Crippen LogP contribution in [0.5, 0.6) is 0 Å². The maximum atomic E-state index is 10.0. The molecule has 16 heavy (non-hydrogen) atoms. The van der Waals surface area contributed by atoms with Gasteiger partial charge in [0.25, 0.3) is 0 Å². The lowest BCUT2D eigenvalue weighted by atomic mass is 10.3. The van der Waals surface area contributed by atoms with Crippen molar-refractivity contribution in [3.63, 3.8) is 0 Å². The molecule has 1 atom stereocenters. The van der Waals surface area contributed by atoms with Crippen molar-refractivity contribution in [2.45, 2.75) is 13.2 Å². The third-order valence-corrected chi connectivity index (χ3v) is 3.23. The van der Waals surface area contributed by atoms with Gasteiger partial charge in [0, 0.05) is 39.3 Å². The number of hydrogen-bond acceptors (Lipinski definition) is 5. The highest BCUT2D eigenvalue weighted by Gasteiger charge is 2.20. The monoisotopic (exact) mass is 231 g/mol. The molecular weight excluding hydrogens is 206 g/mol. The predicted molar refractivity (Wildman–Crippen MR) is 64.3 cm³/mol. The summed E-state index contributed by atoms with van der Waals surface area (Å²) in [6.07, 6.45) is -0.458. The molecule has 2 N–H and O–H groups in total. The molecule has 0 amide bonds. The molecule has 1 rings (SSSR count). The van der Waals surface area contributed by atoms with Crippen LogP contribution in [0.3, 0.4) is 0 Å². The minimum atomic E-state index is -0.458. The Labute approximate surface area is 98.3 Å². The van der Waals surface area contributed by atoms with Gasteiger partial charge in [-0.25, -0.2) is 0 Å². The first-order chi connectivity index (χ1) is 7.67. The Bertz CT molecular complexity index is 184. The zero-order chi connectivity index (χ0) is 12.0. The van der Waals surface area contributed by atoms with Crippen LogP contribution in [0, 0.1) is 0 Å². The summed E-state index contributed by atoms with van der Waals surface area (Å²) in [6.45, 7) is 8.28. The highest BCUT2D eigenvalue weighted by Crippen LogP contribution is 2.03. The molecule has 0 aromatic heterocycles. The summed E-state index contributed by atoms with van der Waals surface area (Å²) in [5.74, 6) is 0. The van der Waals surface area contributed by atoms with Gasteiger partial charge in [-0.3, -0.25) is 9.80 Å². The van der Waals surface area contributed by atoms with Crippen LogP contribution in [0.25, 0.3) is 0 Å². The molecule has 0 aliphatic carbocycles. The second kappa shape index (κ2) is 7.19. The Kier molecular flexibility index (Phi) is 6.23. The van der Waals surface area contributed by atoms with Gasteiger partial charge < -0.3 is 15.1 Å². The van der Waals surface area contributed by atoms with Crippen LogP contribution in [-0.4, -0.2) is 90.6 Å². The summed E-state index contributed by atoms with van der Waals surface area (Å²) in [7, 11) is 2.12. The van der Waals surface area contributed by atoms with Crippen molar-refractivity contribution in [3.8, 4) is 0 Å². The van der Waals surface area contributed by atoms with E-state index in [1.807, 2.05) is 11.8 Å². The maximum Gasteiger partial charge on any atom is 0.120 e. The Morgan fingerprint density at radius 1 is 1.25 bits per heavy atom. The van der Waals surface area contributed by atoms with Gasteiger partial charge in [0.1, 0.15) is 6.23 Å². The molecule has 5 nitrogen and oxygen atoms in total. The Morgan fingerprint density at radius 3 is 2.38 bits per heavy atom. The molecule has 1 unspecified atom stereocenters. The van der Waals surface area contributed by atoms with E-state index in [1.165, 1.54) is 0 Å². The maximum absolute atomic E-state index is 10.0. The molecule has 1 saturated heterocycles. The average molecular weight is 231 g/mol. The molecule has 1 aliphatic heterocycles. The highest BCUT2D eigenvalue weighted by atomic mass is 16.3. The standard InChI is InChI=1S/C11H25N3O2/c1-3-14(8-9-15)11(16)10-13-6-4-12(2)5-7-13/h11,15-16H,3-10H2,1-2H3. The average Bonchev–Trinajstić information content (AvgIpc) is 2.29. The first-order valence-corrected chi connectivity index (χ1v) is 6.11. The molecule has 0 spiro atoms. The second-order valence-electron chi connectivity index (χ2n) is 4.44. The minimum Gasteiger partial charge on any atom is -0.395 e. The molecule has 1 heterocycles. The van der Waals surface area contributed by atoms with Gasteiger partial charge in [-0.05, 0) is 13.6 Å². The number of likely N-dealkylation sites (N-methyl/N-ethyl adjacent to an activating group) is 2. The summed E-state index contributed by atoms with van der Waals surface area (Å²) in [6, 6.07) is 0. The largest absolute Gasteiger partial charge is 0.395 e. The topological polar surface area (TPSA) is 50.2 Å². The Morgan fingerprint density at radius 2 is 1.88 bits per heavy atom. The van der Waals surface area contributed by atoms with Crippen molar-refractivity contribution in [1.29, 1.82) is 0 Å². The number of aliphatic hydroxyl groups is 2. The lowest BCUT2D eigenvalue weighted by molar-refractivity contribution is -0.0317. The van der Waals surface area contributed by atoms with E-state index in [2.05, 4.69) is 16.8 Å². The van der Waals surface area contributed by atoms with Crippen LogP contribution < -0.4 is 0 Å². The zero-order valence-corrected chi connectivity index (χ0v) is 10.5. The van der Waals surface area contributed by atoms with Crippen LogP contribution in [-0.2, 0) is 0 Å². The lowest BCUT2D eigenvalue weighted by Crippen LogP contribution is -2.51. The fraction of sp³-hybridized carbons (Fsp3) is 1.00. The Balaban J connectivity index is 2.29. The van der Waals surface area contributed by atoms with Crippen LogP contribution >= 0.6 is 0 Å². The van der Waals surface area contributed by atoms with Crippen molar-refractivity contribution >= 4 is 0 Å². The molecular formula is C11H25N3O2. The summed E-state index contributed by atoms with van der Waals surface area (Å²) < 4.78 is 0. The zero-order valence-electron chi connectivity index (χ0n) is 10.5. The lowest BCUT2D eigenvalue weighted by Gasteiger charge is -2.36. The van der Waals surface area contributed by atoms with Gasteiger partial charge in [-0.2, -0.15) is 0 Å². The van der Waals surface area contributed by atoms with Crippen molar-refractivity contribution in [1.82, 2.24) is 14.7 Å². The van der Waals surface area contributed by atoms with Gasteiger partial charge in [0.2, 0.25) is 0 Å². The first-order valence-electron chi connectivity index (χ1n) is 6.11. The molecule has 0 radical (unpaired) electrons. The van der Waals surface area contributed by atoms with Crippen LogP contribution in [0.1, 0.15) is 6.92 Å². The fourth-order valence-corrected chi connectivity index (χ4v) is 2.02. The molecule has 96 valence electrons. The van der Waals surface area contributed by atoms with E-state index in [-0.39, 0.29) is 6.61 Å². The SMILES string of the molecule is CCN(CCO)C(O)CN1CCN(C)CC1. The Hall–Kier alpha value is -0.200. The summed E-state index contributed by atoms with van der Waals surface area (Å²) in [5, 5.41) is 18.9. The number of nitrogens with zero attached hydrogens (tertiary/aromatic N) is 3.